The van der Waals surface area contributed by atoms with Crippen LogP contribution in [0.1, 0.15) is 66.2 Å². The second-order valence-corrected chi connectivity index (χ2v) is 6.75. The Labute approximate surface area is 127 Å². The van der Waals surface area contributed by atoms with Gasteiger partial charge >= 0.3 is 12.0 Å². The van der Waals surface area contributed by atoms with Crippen LogP contribution in [0.25, 0.3) is 0 Å². The molecular formula is C14H19N3O3S. The van der Waals surface area contributed by atoms with E-state index in [4.69, 9.17) is 0 Å². The molecule has 2 fully saturated rings. The van der Waals surface area contributed by atoms with Gasteiger partial charge in [0.15, 0.2) is 5.13 Å². The highest BCUT2D eigenvalue weighted by molar-refractivity contribution is 7.17. The van der Waals surface area contributed by atoms with Gasteiger partial charge in [0, 0.05) is 12.0 Å². The fraction of sp³-hybridized carbons (Fsp3) is 0.643. The minimum absolute atomic E-state index is 0.223. The summed E-state index contributed by atoms with van der Waals surface area (Å²) in [5.41, 5.74) is 0.625. The largest absolute Gasteiger partial charge is 0.477 e. The van der Waals surface area contributed by atoms with Crippen LogP contribution in [-0.4, -0.2) is 28.1 Å². The van der Waals surface area contributed by atoms with Crippen molar-refractivity contribution in [2.45, 2.75) is 56.9 Å². The topological polar surface area (TPSA) is 91.3 Å². The van der Waals surface area contributed by atoms with E-state index in [2.05, 4.69) is 15.6 Å². The van der Waals surface area contributed by atoms with Gasteiger partial charge in [-0.3, -0.25) is 5.32 Å². The van der Waals surface area contributed by atoms with E-state index in [1.807, 2.05) is 0 Å². The summed E-state index contributed by atoms with van der Waals surface area (Å²) in [7, 11) is 0. The normalized spacial score (nSPS) is 19.2. The second-order valence-electron chi connectivity index (χ2n) is 5.75. The van der Waals surface area contributed by atoms with Crippen molar-refractivity contribution < 1.29 is 14.7 Å². The summed E-state index contributed by atoms with van der Waals surface area (Å²) in [6, 6.07) is -0.0597. The molecule has 2 aliphatic rings. The SMILES string of the molecule is O=C(Nc1nc(C2CC2)c(C(=O)O)s1)NC1CCCCC1. The number of hydrogen-bond acceptors (Lipinski definition) is 4. The van der Waals surface area contributed by atoms with E-state index in [-0.39, 0.29) is 22.9 Å². The first kappa shape index (κ1) is 14.3. The summed E-state index contributed by atoms with van der Waals surface area (Å²) < 4.78 is 0. The molecule has 1 heterocycles. The summed E-state index contributed by atoms with van der Waals surface area (Å²) in [5.74, 6) is -0.709. The van der Waals surface area contributed by atoms with Crippen LogP contribution >= 0.6 is 11.3 Å². The van der Waals surface area contributed by atoms with Crippen molar-refractivity contribution in [3.05, 3.63) is 10.6 Å². The highest BCUT2D eigenvalue weighted by Crippen LogP contribution is 2.43. The average molecular weight is 309 g/mol. The van der Waals surface area contributed by atoms with Gasteiger partial charge in [0.05, 0.1) is 5.69 Å². The Hall–Kier alpha value is -1.63. The molecule has 0 aromatic carbocycles. The minimum Gasteiger partial charge on any atom is -0.477 e. The summed E-state index contributed by atoms with van der Waals surface area (Å²) in [4.78, 5) is 27.7. The Balaban J connectivity index is 1.62. The smallest absolute Gasteiger partial charge is 0.347 e. The van der Waals surface area contributed by atoms with Crippen molar-refractivity contribution >= 4 is 28.5 Å². The van der Waals surface area contributed by atoms with Crippen LogP contribution < -0.4 is 10.6 Å². The van der Waals surface area contributed by atoms with Crippen molar-refractivity contribution in [3.8, 4) is 0 Å². The van der Waals surface area contributed by atoms with Gasteiger partial charge < -0.3 is 10.4 Å². The maximum absolute atomic E-state index is 12.0. The van der Waals surface area contributed by atoms with Gasteiger partial charge in [-0.2, -0.15) is 0 Å². The van der Waals surface area contributed by atoms with Crippen LogP contribution in [0.4, 0.5) is 9.93 Å². The number of carboxylic acid groups (broad SMARTS) is 1. The molecule has 0 unspecified atom stereocenters. The lowest BCUT2D eigenvalue weighted by molar-refractivity contribution is 0.0700. The standard InChI is InChI=1S/C14H19N3O3S/c18-12(19)11-10(8-6-7-8)16-14(21-11)17-13(20)15-9-4-2-1-3-5-9/h8-9H,1-7H2,(H,18,19)(H2,15,16,17,20). The van der Waals surface area contributed by atoms with Crippen LogP contribution in [0.5, 0.6) is 0 Å². The number of carboxylic acids is 1. The fourth-order valence-corrected chi connectivity index (χ4v) is 3.62. The van der Waals surface area contributed by atoms with E-state index < -0.39 is 5.97 Å². The van der Waals surface area contributed by atoms with Gasteiger partial charge in [0.2, 0.25) is 0 Å². The number of nitrogens with one attached hydrogen (secondary N) is 2. The number of carbonyl (C=O) groups is 2. The molecule has 0 atom stereocenters. The quantitative estimate of drug-likeness (QED) is 0.796. The molecule has 3 N–H and O–H groups in total. The van der Waals surface area contributed by atoms with Crippen molar-refractivity contribution in [2.24, 2.45) is 0 Å². The highest BCUT2D eigenvalue weighted by Gasteiger charge is 2.32. The van der Waals surface area contributed by atoms with Crippen LogP contribution in [-0.2, 0) is 0 Å². The Morgan fingerprint density at radius 1 is 1.14 bits per heavy atom. The maximum Gasteiger partial charge on any atom is 0.347 e. The van der Waals surface area contributed by atoms with Crippen molar-refractivity contribution in [1.82, 2.24) is 10.3 Å². The second kappa shape index (κ2) is 6.01. The maximum atomic E-state index is 12.0. The van der Waals surface area contributed by atoms with E-state index in [1.54, 1.807) is 0 Å². The number of urea groups is 1. The summed E-state index contributed by atoms with van der Waals surface area (Å²) in [6.07, 6.45) is 7.53. The minimum atomic E-state index is -0.963. The van der Waals surface area contributed by atoms with Crippen molar-refractivity contribution in [1.29, 1.82) is 0 Å². The Morgan fingerprint density at radius 3 is 2.48 bits per heavy atom. The van der Waals surface area contributed by atoms with E-state index >= 15 is 0 Å². The number of amides is 2. The van der Waals surface area contributed by atoms with Gasteiger partial charge in [-0.05, 0) is 25.7 Å². The van der Waals surface area contributed by atoms with E-state index in [1.165, 1.54) is 6.42 Å². The van der Waals surface area contributed by atoms with Gasteiger partial charge in [-0.25, -0.2) is 14.6 Å². The van der Waals surface area contributed by atoms with Crippen LogP contribution in [0.3, 0.4) is 0 Å². The highest BCUT2D eigenvalue weighted by atomic mass is 32.1. The molecule has 0 bridgehead atoms. The molecule has 3 rings (SSSR count). The van der Waals surface area contributed by atoms with E-state index in [0.717, 1.165) is 49.9 Å². The molecule has 114 valence electrons. The first-order valence-electron chi connectivity index (χ1n) is 7.45. The molecule has 0 spiro atoms. The fourth-order valence-electron chi connectivity index (χ4n) is 2.74. The zero-order valence-corrected chi connectivity index (χ0v) is 12.5. The molecule has 0 radical (unpaired) electrons. The van der Waals surface area contributed by atoms with Crippen molar-refractivity contribution in [2.75, 3.05) is 5.32 Å². The number of anilines is 1. The number of nitrogens with zero attached hydrogens (tertiary/aromatic N) is 1. The van der Waals surface area contributed by atoms with Crippen molar-refractivity contribution in [3.63, 3.8) is 0 Å². The zero-order valence-electron chi connectivity index (χ0n) is 11.7. The molecule has 7 heteroatoms. The van der Waals surface area contributed by atoms with Crippen LogP contribution in [0.2, 0.25) is 0 Å². The van der Waals surface area contributed by atoms with Crippen LogP contribution in [0.15, 0.2) is 0 Å². The Bertz CT molecular complexity index is 548. The molecule has 6 nitrogen and oxygen atoms in total. The van der Waals surface area contributed by atoms with Gasteiger partial charge in [0.25, 0.3) is 0 Å². The molecule has 21 heavy (non-hydrogen) atoms. The van der Waals surface area contributed by atoms with Gasteiger partial charge in [-0.15, -0.1) is 0 Å². The summed E-state index contributed by atoms with van der Waals surface area (Å²) in [6.45, 7) is 0. The molecule has 0 aliphatic heterocycles. The number of aromatic nitrogens is 1. The third-order valence-electron chi connectivity index (χ3n) is 3.97. The average Bonchev–Trinajstić information content (AvgIpc) is 3.21. The molecule has 1 aromatic rings. The molecule has 1 aromatic heterocycles. The number of carbonyl (C=O) groups excluding carboxylic acids is 1. The third kappa shape index (κ3) is 3.53. The van der Waals surface area contributed by atoms with Crippen LogP contribution in [0, 0.1) is 0 Å². The molecule has 0 saturated heterocycles. The Morgan fingerprint density at radius 2 is 1.86 bits per heavy atom. The first-order chi connectivity index (χ1) is 10.1. The van der Waals surface area contributed by atoms with Gasteiger partial charge in [-0.1, -0.05) is 30.6 Å². The molecular weight excluding hydrogens is 290 g/mol. The monoisotopic (exact) mass is 309 g/mol. The molecule has 2 saturated carbocycles. The number of aromatic carboxylic acids is 1. The number of rotatable bonds is 4. The predicted molar refractivity (Wildman–Crippen MR) is 80.1 cm³/mol. The number of thiazole rings is 1. The number of hydrogen-bond donors (Lipinski definition) is 3. The predicted octanol–water partition coefficient (Wildman–Crippen LogP) is 3.17. The first-order valence-corrected chi connectivity index (χ1v) is 8.26. The molecule has 2 aliphatic carbocycles. The van der Waals surface area contributed by atoms with E-state index in [0.29, 0.717) is 10.8 Å². The summed E-state index contributed by atoms with van der Waals surface area (Å²) >= 11 is 1.04. The summed E-state index contributed by atoms with van der Waals surface area (Å²) in [5, 5.41) is 15.2. The third-order valence-corrected chi connectivity index (χ3v) is 4.95. The lowest BCUT2D eigenvalue weighted by Crippen LogP contribution is -2.38. The lowest BCUT2D eigenvalue weighted by Gasteiger charge is -2.22. The van der Waals surface area contributed by atoms with Gasteiger partial charge in [0.1, 0.15) is 4.88 Å². The van der Waals surface area contributed by atoms with E-state index in [9.17, 15) is 14.7 Å². The Kier molecular flexibility index (Phi) is 4.10. The zero-order chi connectivity index (χ0) is 14.8. The lowest BCUT2D eigenvalue weighted by atomic mass is 9.96. The molecule has 2 amide bonds.